The van der Waals surface area contributed by atoms with E-state index in [1.54, 1.807) is 19.1 Å². The number of nitrogens with zero attached hydrogens (tertiary/aromatic N) is 1. The summed E-state index contributed by atoms with van der Waals surface area (Å²) >= 11 is 0. The number of ether oxygens (including phenoxy) is 3. The Morgan fingerprint density at radius 3 is 2.86 bits per heavy atom. The van der Waals surface area contributed by atoms with Crippen LogP contribution in [-0.4, -0.2) is 57.1 Å². The number of unbranched alkanes of at least 4 members (excludes halogenated alkanes) is 1. The predicted octanol–water partition coefficient (Wildman–Crippen LogP) is 2.43. The Labute approximate surface area is 172 Å². The van der Waals surface area contributed by atoms with Crippen LogP contribution in [0.4, 0.5) is 0 Å². The second kappa shape index (κ2) is 10.7. The second-order valence-electron chi connectivity index (χ2n) is 6.92. The fraction of sp³-hybridized carbons (Fsp3) is 0.600. The maximum atomic E-state index is 13.4. The standard InChI is InChI=1S/C20H29NO7S/c1-4-26-20(23)19-21(11-7-13-27-19)29(24,25)18-10-9-15(2)14-17(18)28-16(3)8-5-6-12-22/h9-10,12,14,16,19H,4-8,11,13H2,1-3H3/t16-,19?/m1/s1. The summed E-state index contributed by atoms with van der Waals surface area (Å²) < 4.78 is 44.1. The van der Waals surface area contributed by atoms with Gasteiger partial charge in [0.15, 0.2) is 0 Å². The van der Waals surface area contributed by atoms with Crippen LogP contribution < -0.4 is 4.74 Å². The third kappa shape index (κ3) is 6.01. The van der Waals surface area contributed by atoms with Crippen molar-refractivity contribution in [3.8, 4) is 5.75 Å². The summed E-state index contributed by atoms with van der Waals surface area (Å²) in [6.45, 7) is 5.87. The van der Waals surface area contributed by atoms with E-state index in [2.05, 4.69) is 0 Å². The highest BCUT2D eigenvalue weighted by molar-refractivity contribution is 7.89. The van der Waals surface area contributed by atoms with E-state index < -0.39 is 22.2 Å². The number of hydrogen-bond donors (Lipinski definition) is 0. The number of aryl methyl sites for hydroxylation is 1. The Hall–Kier alpha value is -1.97. The fourth-order valence-electron chi connectivity index (χ4n) is 3.07. The van der Waals surface area contributed by atoms with E-state index in [0.29, 0.717) is 25.7 Å². The Bertz CT molecular complexity index is 809. The maximum Gasteiger partial charge on any atom is 0.351 e. The summed E-state index contributed by atoms with van der Waals surface area (Å²) in [4.78, 5) is 22.7. The van der Waals surface area contributed by atoms with Crippen molar-refractivity contribution < 1.29 is 32.2 Å². The fourth-order valence-corrected chi connectivity index (χ4v) is 4.69. The highest BCUT2D eigenvalue weighted by Gasteiger charge is 2.41. The normalized spacial score (nSPS) is 18.8. The molecule has 2 atom stereocenters. The van der Waals surface area contributed by atoms with Crippen molar-refractivity contribution in [2.75, 3.05) is 19.8 Å². The topological polar surface area (TPSA) is 99.2 Å². The molecule has 1 aromatic rings. The van der Waals surface area contributed by atoms with Crippen molar-refractivity contribution in [3.63, 3.8) is 0 Å². The van der Waals surface area contributed by atoms with Gasteiger partial charge in [0, 0.05) is 13.0 Å². The molecule has 0 amide bonds. The molecule has 162 valence electrons. The zero-order chi connectivity index (χ0) is 21.4. The molecule has 1 aliphatic heterocycles. The van der Waals surface area contributed by atoms with Crippen LogP contribution in [-0.2, 0) is 29.1 Å². The molecule has 0 bridgehead atoms. The van der Waals surface area contributed by atoms with Gasteiger partial charge in [-0.05, 0) is 57.7 Å². The van der Waals surface area contributed by atoms with Gasteiger partial charge in [0.25, 0.3) is 0 Å². The number of carbonyl (C=O) groups is 2. The van der Waals surface area contributed by atoms with Gasteiger partial charge in [0.05, 0.1) is 19.3 Å². The van der Waals surface area contributed by atoms with Gasteiger partial charge in [-0.3, -0.25) is 0 Å². The van der Waals surface area contributed by atoms with Crippen LogP contribution in [0.5, 0.6) is 5.75 Å². The Morgan fingerprint density at radius 1 is 1.41 bits per heavy atom. The molecule has 0 N–H and O–H groups in total. The van der Waals surface area contributed by atoms with E-state index in [0.717, 1.165) is 16.2 Å². The van der Waals surface area contributed by atoms with Crippen molar-refractivity contribution in [1.82, 2.24) is 4.31 Å². The predicted molar refractivity (Wildman–Crippen MR) is 106 cm³/mol. The van der Waals surface area contributed by atoms with E-state index in [1.165, 1.54) is 6.07 Å². The van der Waals surface area contributed by atoms with Crippen LogP contribution in [0, 0.1) is 6.92 Å². The lowest BCUT2D eigenvalue weighted by Crippen LogP contribution is -2.51. The molecule has 0 aliphatic carbocycles. The molecule has 1 saturated heterocycles. The molecule has 8 nitrogen and oxygen atoms in total. The number of carbonyl (C=O) groups excluding carboxylic acids is 2. The lowest BCUT2D eigenvalue weighted by Gasteiger charge is -2.33. The highest BCUT2D eigenvalue weighted by Crippen LogP contribution is 2.32. The van der Waals surface area contributed by atoms with E-state index in [9.17, 15) is 18.0 Å². The van der Waals surface area contributed by atoms with Crippen molar-refractivity contribution in [2.24, 2.45) is 0 Å². The molecule has 0 saturated carbocycles. The minimum atomic E-state index is -4.07. The number of rotatable bonds is 10. The zero-order valence-electron chi connectivity index (χ0n) is 17.1. The summed E-state index contributed by atoms with van der Waals surface area (Å²) in [7, 11) is -4.07. The third-order valence-electron chi connectivity index (χ3n) is 4.49. The molecule has 2 rings (SSSR count). The molecule has 9 heteroatoms. The van der Waals surface area contributed by atoms with Crippen molar-refractivity contribution in [3.05, 3.63) is 23.8 Å². The van der Waals surface area contributed by atoms with Crippen molar-refractivity contribution in [2.45, 2.75) is 63.7 Å². The first-order chi connectivity index (χ1) is 13.8. The average molecular weight is 428 g/mol. The van der Waals surface area contributed by atoms with Crippen LogP contribution in [0.1, 0.15) is 45.1 Å². The minimum Gasteiger partial charge on any atom is -0.489 e. The van der Waals surface area contributed by atoms with Gasteiger partial charge in [0.1, 0.15) is 16.9 Å². The van der Waals surface area contributed by atoms with Gasteiger partial charge in [-0.1, -0.05) is 6.07 Å². The van der Waals surface area contributed by atoms with Gasteiger partial charge < -0.3 is 19.0 Å². The van der Waals surface area contributed by atoms with Crippen LogP contribution in [0.2, 0.25) is 0 Å². The number of sulfonamides is 1. The zero-order valence-corrected chi connectivity index (χ0v) is 17.9. The van der Waals surface area contributed by atoms with Crippen LogP contribution in [0.3, 0.4) is 0 Å². The maximum absolute atomic E-state index is 13.4. The second-order valence-corrected chi connectivity index (χ2v) is 8.78. The first-order valence-electron chi connectivity index (χ1n) is 9.82. The van der Waals surface area contributed by atoms with Crippen LogP contribution in [0.25, 0.3) is 0 Å². The summed E-state index contributed by atoms with van der Waals surface area (Å²) in [5.41, 5.74) is 0.843. The van der Waals surface area contributed by atoms with Gasteiger partial charge >= 0.3 is 5.97 Å². The quantitative estimate of drug-likeness (QED) is 0.321. The molecule has 29 heavy (non-hydrogen) atoms. The Balaban J connectivity index is 2.33. The van der Waals surface area contributed by atoms with Gasteiger partial charge in [-0.2, -0.15) is 4.31 Å². The molecule has 1 aliphatic rings. The number of hydrogen-bond acceptors (Lipinski definition) is 7. The van der Waals surface area contributed by atoms with E-state index in [1.807, 2.05) is 13.8 Å². The largest absolute Gasteiger partial charge is 0.489 e. The van der Waals surface area contributed by atoms with E-state index in [-0.39, 0.29) is 36.5 Å². The molecule has 1 fully saturated rings. The molecule has 0 aromatic heterocycles. The van der Waals surface area contributed by atoms with Gasteiger partial charge in [0.2, 0.25) is 16.3 Å². The lowest BCUT2D eigenvalue weighted by molar-refractivity contribution is -0.169. The summed E-state index contributed by atoms with van der Waals surface area (Å²) in [5.74, 6) is -0.510. The number of aldehydes is 1. The monoisotopic (exact) mass is 427 g/mol. The molecule has 0 spiro atoms. The Morgan fingerprint density at radius 2 is 2.17 bits per heavy atom. The van der Waals surface area contributed by atoms with Crippen LogP contribution in [0.15, 0.2) is 23.1 Å². The van der Waals surface area contributed by atoms with E-state index in [4.69, 9.17) is 14.2 Å². The molecular formula is C20H29NO7S. The lowest BCUT2D eigenvalue weighted by atomic mass is 10.2. The first-order valence-corrected chi connectivity index (χ1v) is 11.3. The highest BCUT2D eigenvalue weighted by atomic mass is 32.2. The van der Waals surface area contributed by atoms with Gasteiger partial charge in [-0.15, -0.1) is 0 Å². The molecule has 0 radical (unpaired) electrons. The van der Waals surface area contributed by atoms with E-state index >= 15 is 0 Å². The Kier molecular flexibility index (Phi) is 8.60. The molecular weight excluding hydrogens is 398 g/mol. The SMILES string of the molecule is CCOC(=O)C1OCCCN1S(=O)(=O)c1ccc(C)cc1O[C@H](C)CCCC=O. The summed E-state index contributed by atoms with van der Waals surface area (Å²) in [6.07, 6.45) is 1.44. The van der Waals surface area contributed by atoms with Crippen molar-refractivity contribution in [1.29, 1.82) is 0 Å². The summed E-state index contributed by atoms with van der Waals surface area (Å²) in [5, 5.41) is 0. The third-order valence-corrected chi connectivity index (χ3v) is 6.38. The van der Waals surface area contributed by atoms with Crippen LogP contribution >= 0.6 is 0 Å². The molecule has 1 unspecified atom stereocenters. The molecule has 1 aromatic carbocycles. The first kappa shape index (κ1) is 23.3. The minimum absolute atomic E-state index is 0.0230. The van der Waals surface area contributed by atoms with Gasteiger partial charge in [-0.25, -0.2) is 13.2 Å². The molecule has 1 heterocycles. The smallest absolute Gasteiger partial charge is 0.351 e. The summed E-state index contributed by atoms with van der Waals surface area (Å²) in [6, 6.07) is 4.82. The number of esters is 1. The van der Waals surface area contributed by atoms with Crippen molar-refractivity contribution >= 4 is 22.3 Å². The average Bonchev–Trinajstić information content (AvgIpc) is 2.68. The number of benzene rings is 1.